The number of rotatable bonds is 5. The van der Waals surface area contributed by atoms with Crippen LogP contribution < -0.4 is 5.32 Å². The molecule has 0 radical (unpaired) electrons. The molecule has 0 amide bonds. The SMILES string of the molecule is COC(=O)[C@H]1C[C@H](CNc2ccccc2C(C)C)C1. The number of para-hydroxylation sites is 1. The second-order valence-corrected chi connectivity index (χ2v) is 5.68. The average Bonchev–Trinajstić information content (AvgIpc) is 2.36. The van der Waals surface area contributed by atoms with Crippen LogP contribution >= 0.6 is 0 Å². The molecule has 1 aliphatic carbocycles. The normalized spacial score (nSPS) is 21.9. The van der Waals surface area contributed by atoms with Gasteiger partial charge in [-0.05, 0) is 36.3 Å². The largest absolute Gasteiger partial charge is 0.469 e. The maximum atomic E-state index is 11.3. The lowest BCUT2D eigenvalue weighted by Gasteiger charge is -2.33. The fraction of sp³-hybridized carbons (Fsp3) is 0.562. The van der Waals surface area contributed by atoms with Gasteiger partial charge in [0.05, 0.1) is 13.0 Å². The van der Waals surface area contributed by atoms with Crippen LogP contribution in [0.1, 0.15) is 38.2 Å². The van der Waals surface area contributed by atoms with Crippen LogP contribution in [0.5, 0.6) is 0 Å². The van der Waals surface area contributed by atoms with Crippen LogP contribution in [0, 0.1) is 11.8 Å². The zero-order valence-corrected chi connectivity index (χ0v) is 12.0. The molecular formula is C16H23NO2. The molecule has 0 unspecified atom stereocenters. The highest BCUT2D eigenvalue weighted by atomic mass is 16.5. The van der Waals surface area contributed by atoms with E-state index in [0.29, 0.717) is 11.8 Å². The molecule has 0 atom stereocenters. The van der Waals surface area contributed by atoms with Crippen LogP contribution in [0.25, 0.3) is 0 Å². The Balaban J connectivity index is 1.83. The van der Waals surface area contributed by atoms with E-state index in [-0.39, 0.29) is 11.9 Å². The van der Waals surface area contributed by atoms with Gasteiger partial charge in [0.2, 0.25) is 0 Å². The summed E-state index contributed by atoms with van der Waals surface area (Å²) in [6.45, 7) is 5.35. The third-order valence-corrected chi connectivity index (χ3v) is 3.93. The number of anilines is 1. The topological polar surface area (TPSA) is 38.3 Å². The van der Waals surface area contributed by atoms with Crippen LogP contribution in [0.4, 0.5) is 5.69 Å². The Bertz CT molecular complexity index is 436. The molecular weight excluding hydrogens is 238 g/mol. The molecule has 0 heterocycles. The number of hydrogen-bond acceptors (Lipinski definition) is 3. The van der Waals surface area contributed by atoms with E-state index in [2.05, 4.69) is 43.4 Å². The van der Waals surface area contributed by atoms with Gasteiger partial charge in [0.25, 0.3) is 0 Å². The van der Waals surface area contributed by atoms with Gasteiger partial charge in [-0.15, -0.1) is 0 Å². The summed E-state index contributed by atoms with van der Waals surface area (Å²) in [4.78, 5) is 11.3. The predicted molar refractivity (Wildman–Crippen MR) is 77.3 cm³/mol. The highest BCUT2D eigenvalue weighted by Gasteiger charge is 2.34. The van der Waals surface area contributed by atoms with Crippen LogP contribution in [0.3, 0.4) is 0 Å². The van der Waals surface area contributed by atoms with Gasteiger partial charge in [0, 0.05) is 12.2 Å². The number of benzene rings is 1. The Morgan fingerprint density at radius 3 is 2.68 bits per heavy atom. The molecule has 2 rings (SSSR count). The summed E-state index contributed by atoms with van der Waals surface area (Å²) >= 11 is 0. The lowest BCUT2D eigenvalue weighted by molar-refractivity contribution is -0.149. The van der Waals surface area contributed by atoms with E-state index < -0.39 is 0 Å². The summed E-state index contributed by atoms with van der Waals surface area (Å²) in [5, 5.41) is 3.52. The minimum atomic E-state index is -0.0566. The molecule has 19 heavy (non-hydrogen) atoms. The molecule has 0 saturated heterocycles. The smallest absolute Gasteiger partial charge is 0.308 e. The monoisotopic (exact) mass is 261 g/mol. The second-order valence-electron chi connectivity index (χ2n) is 5.68. The van der Waals surface area contributed by atoms with Crippen molar-refractivity contribution in [2.75, 3.05) is 19.0 Å². The average molecular weight is 261 g/mol. The number of methoxy groups -OCH3 is 1. The second kappa shape index (κ2) is 6.09. The number of esters is 1. The van der Waals surface area contributed by atoms with E-state index in [1.807, 2.05) is 0 Å². The molecule has 0 bridgehead atoms. The van der Waals surface area contributed by atoms with Crippen molar-refractivity contribution in [3.63, 3.8) is 0 Å². The van der Waals surface area contributed by atoms with Crippen LogP contribution in [-0.4, -0.2) is 19.6 Å². The van der Waals surface area contributed by atoms with Crippen LogP contribution in [0.2, 0.25) is 0 Å². The van der Waals surface area contributed by atoms with Gasteiger partial charge in [0.15, 0.2) is 0 Å². The van der Waals surface area contributed by atoms with E-state index in [0.717, 1.165) is 19.4 Å². The maximum absolute atomic E-state index is 11.3. The summed E-state index contributed by atoms with van der Waals surface area (Å²) in [5.41, 5.74) is 2.57. The Morgan fingerprint density at radius 2 is 2.05 bits per heavy atom. The standard InChI is InChI=1S/C16H23NO2/c1-11(2)14-6-4-5-7-15(14)17-10-12-8-13(9-12)16(18)19-3/h4-7,11-13,17H,8-10H2,1-3H3/t12-,13-. The van der Waals surface area contributed by atoms with Gasteiger partial charge >= 0.3 is 5.97 Å². The van der Waals surface area contributed by atoms with Crippen LogP contribution in [-0.2, 0) is 9.53 Å². The van der Waals surface area contributed by atoms with E-state index in [4.69, 9.17) is 4.74 Å². The summed E-state index contributed by atoms with van der Waals surface area (Å²) < 4.78 is 4.76. The van der Waals surface area contributed by atoms with Crippen molar-refractivity contribution < 1.29 is 9.53 Å². The fourth-order valence-corrected chi connectivity index (χ4v) is 2.68. The number of ether oxygens (including phenoxy) is 1. The molecule has 3 nitrogen and oxygen atoms in total. The molecule has 1 aromatic rings. The summed E-state index contributed by atoms with van der Waals surface area (Å²) in [6, 6.07) is 8.44. The molecule has 1 aliphatic rings. The van der Waals surface area contributed by atoms with Crippen molar-refractivity contribution in [3.8, 4) is 0 Å². The van der Waals surface area contributed by atoms with Gasteiger partial charge in [-0.1, -0.05) is 32.0 Å². The van der Waals surface area contributed by atoms with E-state index in [1.165, 1.54) is 18.4 Å². The van der Waals surface area contributed by atoms with Gasteiger partial charge in [-0.2, -0.15) is 0 Å². The third-order valence-electron chi connectivity index (χ3n) is 3.93. The molecule has 104 valence electrons. The summed E-state index contributed by atoms with van der Waals surface area (Å²) in [6.07, 6.45) is 1.90. The molecule has 0 spiro atoms. The van der Waals surface area contributed by atoms with E-state index in [1.54, 1.807) is 0 Å². The molecule has 1 saturated carbocycles. The summed E-state index contributed by atoms with van der Waals surface area (Å²) in [7, 11) is 1.47. The maximum Gasteiger partial charge on any atom is 0.308 e. The zero-order chi connectivity index (χ0) is 13.8. The van der Waals surface area contributed by atoms with Gasteiger partial charge in [-0.3, -0.25) is 4.79 Å². The Morgan fingerprint density at radius 1 is 1.37 bits per heavy atom. The predicted octanol–water partition coefficient (Wildman–Crippen LogP) is 3.42. The molecule has 1 fully saturated rings. The number of carbonyl (C=O) groups is 1. The van der Waals surface area contributed by atoms with E-state index >= 15 is 0 Å². The molecule has 0 aromatic heterocycles. The quantitative estimate of drug-likeness (QED) is 0.825. The highest BCUT2D eigenvalue weighted by molar-refractivity contribution is 5.73. The van der Waals surface area contributed by atoms with Crippen molar-refractivity contribution in [2.45, 2.75) is 32.6 Å². The highest BCUT2D eigenvalue weighted by Crippen LogP contribution is 2.35. The number of hydrogen-bond donors (Lipinski definition) is 1. The minimum Gasteiger partial charge on any atom is -0.469 e. The Hall–Kier alpha value is -1.51. The lowest BCUT2D eigenvalue weighted by Crippen LogP contribution is -2.35. The zero-order valence-electron chi connectivity index (χ0n) is 12.0. The summed E-state index contributed by atoms with van der Waals surface area (Å²) in [5.74, 6) is 1.17. The molecule has 0 aliphatic heterocycles. The lowest BCUT2D eigenvalue weighted by atomic mass is 9.75. The Labute approximate surface area is 115 Å². The number of nitrogens with one attached hydrogen (secondary N) is 1. The van der Waals surface area contributed by atoms with Gasteiger partial charge in [-0.25, -0.2) is 0 Å². The van der Waals surface area contributed by atoms with Crippen molar-refractivity contribution in [1.82, 2.24) is 0 Å². The molecule has 1 N–H and O–H groups in total. The third kappa shape index (κ3) is 3.28. The molecule has 1 aromatic carbocycles. The minimum absolute atomic E-state index is 0.0566. The van der Waals surface area contributed by atoms with Crippen molar-refractivity contribution in [1.29, 1.82) is 0 Å². The molecule has 3 heteroatoms. The van der Waals surface area contributed by atoms with E-state index in [9.17, 15) is 4.79 Å². The fourth-order valence-electron chi connectivity index (χ4n) is 2.68. The van der Waals surface area contributed by atoms with Crippen molar-refractivity contribution in [3.05, 3.63) is 29.8 Å². The van der Waals surface area contributed by atoms with Crippen molar-refractivity contribution >= 4 is 11.7 Å². The Kier molecular flexibility index (Phi) is 4.46. The van der Waals surface area contributed by atoms with Gasteiger partial charge < -0.3 is 10.1 Å². The van der Waals surface area contributed by atoms with Crippen molar-refractivity contribution in [2.24, 2.45) is 11.8 Å². The first-order chi connectivity index (χ1) is 9.11. The van der Waals surface area contributed by atoms with Gasteiger partial charge in [0.1, 0.15) is 0 Å². The first-order valence-electron chi connectivity index (χ1n) is 7.02. The first-order valence-corrected chi connectivity index (χ1v) is 7.02. The first kappa shape index (κ1) is 13.9. The van der Waals surface area contributed by atoms with Crippen LogP contribution in [0.15, 0.2) is 24.3 Å². The number of carbonyl (C=O) groups excluding carboxylic acids is 1.